The Morgan fingerprint density at radius 2 is 1.86 bits per heavy atom. The van der Waals surface area contributed by atoms with Gasteiger partial charge in [0.2, 0.25) is 0 Å². The summed E-state index contributed by atoms with van der Waals surface area (Å²) in [6.45, 7) is 2.10. The zero-order chi connectivity index (χ0) is 15.4. The normalized spacial score (nSPS) is 10.2. The van der Waals surface area contributed by atoms with E-state index >= 15 is 0 Å². The van der Waals surface area contributed by atoms with Crippen molar-refractivity contribution in [3.63, 3.8) is 0 Å². The number of aryl methyl sites for hydroxylation is 1. The van der Waals surface area contributed by atoms with Gasteiger partial charge in [-0.05, 0) is 36.2 Å². The molecule has 0 aliphatic rings. The first-order chi connectivity index (χ1) is 10.0. The molecule has 0 aliphatic carbocycles. The summed E-state index contributed by atoms with van der Waals surface area (Å²) in [5.74, 6) is -0.0496. The number of carbonyl (C=O) groups is 1. The van der Waals surface area contributed by atoms with Crippen LogP contribution in [0.15, 0.2) is 42.5 Å². The summed E-state index contributed by atoms with van der Waals surface area (Å²) in [5.41, 5.74) is 10.0. The van der Waals surface area contributed by atoms with Crippen LogP contribution >= 0.6 is 0 Å². The van der Waals surface area contributed by atoms with E-state index in [1.807, 2.05) is 18.2 Å². The van der Waals surface area contributed by atoms with Crippen LogP contribution in [0, 0.1) is 0 Å². The number of nitrogens with two attached hydrogens (primary N) is 1. The topological polar surface area (TPSA) is 58.4 Å². The van der Waals surface area contributed by atoms with Crippen molar-refractivity contribution >= 4 is 23.0 Å². The monoisotopic (exact) mass is 283 g/mol. The lowest BCUT2D eigenvalue weighted by Gasteiger charge is -2.17. The van der Waals surface area contributed by atoms with Gasteiger partial charge in [0.1, 0.15) is 0 Å². The second-order valence-electron chi connectivity index (χ2n) is 5.14. The fourth-order valence-corrected chi connectivity index (χ4v) is 2.19. The van der Waals surface area contributed by atoms with Gasteiger partial charge in [-0.1, -0.05) is 25.1 Å². The molecule has 4 nitrogen and oxygen atoms in total. The second-order valence-corrected chi connectivity index (χ2v) is 5.14. The first-order valence-electron chi connectivity index (χ1n) is 6.99. The standard InChI is InChI=1S/C17H21N3O/c1-4-12-7-5-6-8-15(12)19-16-11-13(18)9-10-14(16)17(21)20(2)3/h5-11,19H,4,18H2,1-3H3. The van der Waals surface area contributed by atoms with Crippen molar-refractivity contribution in [2.24, 2.45) is 0 Å². The summed E-state index contributed by atoms with van der Waals surface area (Å²) in [6.07, 6.45) is 0.919. The largest absolute Gasteiger partial charge is 0.399 e. The molecule has 110 valence electrons. The number of carbonyl (C=O) groups excluding carboxylic acids is 1. The lowest BCUT2D eigenvalue weighted by atomic mass is 10.1. The van der Waals surface area contributed by atoms with E-state index in [0.717, 1.165) is 17.8 Å². The van der Waals surface area contributed by atoms with Crippen LogP contribution in [0.3, 0.4) is 0 Å². The average Bonchev–Trinajstić information content (AvgIpc) is 2.47. The molecule has 2 rings (SSSR count). The maximum Gasteiger partial charge on any atom is 0.255 e. The average molecular weight is 283 g/mol. The molecule has 0 aromatic heterocycles. The van der Waals surface area contributed by atoms with Crippen LogP contribution in [0.5, 0.6) is 0 Å². The van der Waals surface area contributed by atoms with Gasteiger partial charge in [0, 0.05) is 25.5 Å². The van der Waals surface area contributed by atoms with Gasteiger partial charge in [0.05, 0.1) is 11.3 Å². The summed E-state index contributed by atoms with van der Waals surface area (Å²) in [6, 6.07) is 13.4. The maximum atomic E-state index is 12.3. The Balaban J connectivity index is 2.43. The number of rotatable bonds is 4. The number of hydrogen-bond acceptors (Lipinski definition) is 3. The number of benzene rings is 2. The molecule has 0 saturated heterocycles. The lowest BCUT2D eigenvalue weighted by Crippen LogP contribution is -2.22. The summed E-state index contributed by atoms with van der Waals surface area (Å²) >= 11 is 0. The number of nitrogens with zero attached hydrogens (tertiary/aromatic N) is 1. The summed E-state index contributed by atoms with van der Waals surface area (Å²) in [7, 11) is 3.48. The Hall–Kier alpha value is -2.49. The zero-order valence-corrected chi connectivity index (χ0v) is 12.7. The highest BCUT2D eigenvalue weighted by Gasteiger charge is 2.14. The summed E-state index contributed by atoms with van der Waals surface area (Å²) in [5, 5.41) is 3.34. The molecule has 0 aliphatic heterocycles. The van der Waals surface area contributed by atoms with E-state index in [1.54, 1.807) is 37.2 Å². The van der Waals surface area contributed by atoms with Gasteiger partial charge in [-0.2, -0.15) is 0 Å². The molecular weight excluding hydrogens is 262 g/mol. The molecule has 0 atom stereocenters. The van der Waals surface area contributed by atoms with Crippen molar-refractivity contribution in [1.82, 2.24) is 4.90 Å². The zero-order valence-electron chi connectivity index (χ0n) is 12.7. The lowest BCUT2D eigenvalue weighted by molar-refractivity contribution is 0.0828. The van der Waals surface area contributed by atoms with Crippen molar-refractivity contribution in [3.05, 3.63) is 53.6 Å². The Kier molecular flexibility index (Phi) is 4.48. The number of anilines is 3. The highest BCUT2D eigenvalue weighted by Crippen LogP contribution is 2.26. The van der Waals surface area contributed by atoms with Crippen LogP contribution in [-0.4, -0.2) is 24.9 Å². The van der Waals surface area contributed by atoms with Gasteiger partial charge in [-0.25, -0.2) is 0 Å². The molecule has 0 radical (unpaired) electrons. The predicted octanol–water partition coefficient (Wildman–Crippen LogP) is 3.28. The number of nitrogen functional groups attached to an aromatic ring is 1. The fraction of sp³-hybridized carbons (Fsp3) is 0.235. The number of nitrogens with one attached hydrogen (secondary N) is 1. The van der Waals surface area contributed by atoms with Gasteiger partial charge in [0.25, 0.3) is 5.91 Å². The van der Waals surface area contributed by atoms with E-state index in [0.29, 0.717) is 11.3 Å². The van der Waals surface area contributed by atoms with E-state index in [9.17, 15) is 4.79 Å². The molecule has 0 unspecified atom stereocenters. The third kappa shape index (κ3) is 3.34. The van der Waals surface area contributed by atoms with Crippen LogP contribution in [0.4, 0.5) is 17.1 Å². The van der Waals surface area contributed by atoms with Crippen LogP contribution in [-0.2, 0) is 6.42 Å². The van der Waals surface area contributed by atoms with Crippen LogP contribution in [0.25, 0.3) is 0 Å². The number of hydrogen-bond donors (Lipinski definition) is 2. The molecule has 1 amide bonds. The van der Waals surface area contributed by atoms with E-state index in [1.165, 1.54) is 5.56 Å². The first kappa shape index (κ1) is 14.9. The summed E-state index contributed by atoms with van der Waals surface area (Å²) in [4.78, 5) is 13.8. The van der Waals surface area contributed by atoms with E-state index in [-0.39, 0.29) is 5.91 Å². The minimum atomic E-state index is -0.0496. The van der Waals surface area contributed by atoms with Crippen molar-refractivity contribution in [1.29, 1.82) is 0 Å². The minimum Gasteiger partial charge on any atom is -0.399 e. The molecule has 0 fully saturated rings. The SMILES string of the molecule is CCc1ccccc1Nc1cc(N)ccc1C(=O)N(C)C. The van der Waals surface area contributed by atoms with Crippen molar-refractivity contribution in [2.75, 3.05) is 25.1 Å². The molecule has 0 spiro atoms. The van der Waals surface area contributed by atoms with Gasteiger partial charge >= 0.3 is 0 Å². The van der Waals surface area contributed by atoms with E-state index in [4.69, 9.17) is 5.73 Å². The molecular formula is C17H21N3O. The van der Waals surface area contributed by atoms with E-state index in [2.05, 4.69) is 18.3 Å². The van der Waals surface area contributed by atoms with Gasteiger partial charge < -0.3 is 16.0 Å². The molecule has 2 aromatic carbocycles. The number of amides is 1. The van der Waals surface area contributed by atoms with Gasteiger partial charge in [0.15, 0.2) is 0 Å². The molecule has 3 N–H and O–H groups in total. The van der Waals surface area contributed by atoms with Crippen LogP contribution < -0.4 is 11.1 Å². The molecule has 0 saturated carbocycles. The third-order valence-corrected chi connectivity index (χ3v) is 3.35. The third-order valence-electron chi connectivity index (χ3n) is 3.35. The smallest absolute Gasteiger partial charge is 0.255 e. The van der Waals surface area contributed by atoms with Crippen LogP contribution in [0.2, 0.25) is 0 Å². The number of para-hydroxylation sites is 1. The Bertz CT molecular complexity index is 650. The van der Waals surface area contributed by atoms with Gasteiger partial charge in [-0.15, -0.1) is 0 Å². The predicted molar refractivity (Wildman–Crippen MR) is 88.0 cm³/mol. The highest BCUT2D eigenvalue weighted by atomic mass is 16.2. The maximum absolute atomic E-state index is 12.3. The van der Waals surface area contributed by atoms with E-state index < -0.39 is 0 Å². The molecule has 21 heavy (non-hydrogen) atoms. The fourth-order valence-electron chi connectivity index (χ4n) is 2.19. The van der Waals surface area contributed by atoms with Crippen molar-refractivity contribution in [3.8, 4) is 0 Å². The second kappa shape index (κ2) is 6.31. The molecule has 4 heteroatoms. The molecule has 0 heterocycles. The molecule has 0 bridgehead atoms. The van der Waals surface area contributed by atoms with Crippen molar-refractivity contribution < 1.29 is 4.79 Å². The van der Waals surface area contributed by atoms with Crippen LogP contribution in [0.1, 0.15) is 22.8 Å². The minimum absolute atomic E-state index is 0.0496. The first-order valence-corrected chi connectivity index (χ1v) is 6.99. The Morgan fingerprint density at radius 1 is 1.14 bits per heavy atom. The highest BCUT2D eigenvalue weighted by molar-refractivity contribution is 6.00. The summed E-state index contributed by atoms with van der Waals surface area (Å²) < 4.78 is 0. The Morgan fingerprint density at radius 3 is 2.52 bits per heavy atom. The van der Waals surface area contributed by atoms with Gasteiger partial charge in [-0.3, -0.25) is 4.79 Å². The quantitative estimate of drug-likeness (QED) is 0.847. The molecule has 2 aromatic rings. The Labute approximate surface area is 125 Å². The van der Waals surface area contributed by atoms with Crippen molar-refractivity contribution in [2.45, 2.75) is 13.3 Å².